The zero-order valence-corrected chi connectivity index (χ0v) is 10.5. The van der Waals surface area contributed by atoms with Crippen molar-refractivity contribution in [2.24, 2.45) is 23.2 Å². The number of hydrogen-bond acceptors (Lipinski definition) is 6. The van der Waals surface area contributed by atoms with E-state index in [1.165, 1.54) is 5.01 Å². The highest BCUT2D eigenvalue weighted by Gasteiger charge is 2.43. The predicted molar refractivity (Wildman–Crippen MR) is 63.8 cm³/mol. The number of piperazine rings is 1. The van der Waals surface area contributed by atoms with Crippen LogP contribution in [0.1, 0.15) is 13.8 Å². The quantitative estimate of drug-likeness (QED) is 0.208. The van der Waals surface area contributed by atoms with Crippen molar-refractivity contribution < 1.29 is 9.59 Å². The van der Waals surface area contributed by atoms with Gasteiger partial charge in [0.15, 0.2) is 0 Å². The molecular formula is C8H20N8O2. The molecule has 10 heteroatoms. The molecule has 0 aromatic rings. The van der Waals surface area contributed by atoms with E-state index in [4.69, 9.17) is 23.2 Å². The standard InChI is InChI=1S/C8H20N8O2/c1-8(2)4-13-3-5(14(11)6(9)17)15(8)16(12)7(10)18/h5,13H,3-4,11-12H2,1-2H3,(H2,9,17)(H2,10,18). The molecule has 18 heavy (non-hydrogen) atoms. The highest BCUT2D eigenvalue weighted by Crippen LogP contribution is 2.22. The van der Waals surface area contributed by atoms with Crippen molar-refractivity contribution in [1.29, 1.82) is 0 Å². The maximum atomic E-state index is 11.2. The Kier molecular flexibility index (Phi) is 3.96. The topological polar surface area (TPSA) is 160 Å². The van der Waals surface area contributed by atoms with Crippen molar-refractivity contribution in [1.82, 2.24) is 20.5 Å². The zero-order valence-electron chi connectivity index (χ0n) is 10.5. The lowest BCUT2D eigenvalue weighted by Crippen LogP contribution is -2.76. The Morgan fingerprint density at radius 2 is 1.83 bits per heavy atom. The molecule has 1 heterocycles. The molecule has 1 saturated heterocycles. The third kappa shape index (κ3) is 2.61. The van der Waals surface area contributed by atoms with Crippen LogP contribution in [-0.2, 0) is 0 Å². The van der Waals surface area contributed by atoms with E-state index in [9.17, 15) is 9.59 Å². The molecule has 10 nitrogen and oxygen atoms in total. The van der Waals surface area contributed by atoms with E-state index in [1.807, 2.05) is 13.8 Å². The second kappa shape index (κ2) is 4.94. The van der Waals surface area contributed by atoms with Crippen LogP contribution in [0.25, 0.3) is 0 Å². The third-order valence-corrected chi connectivity index (χ3v) is 2.82. The van der Waals surface area contributed by atoms with Gasteiger partial charge < -0.3 is 16.8 Å². The van der Waals surface area contributed by atoms with E-state index in [0.717, 1.165) is 10.1 Å². The van der Waals surface area contributed by atoms with Crippen molar-refractivity contribution >= 4 is 12.1 Å². The molecule has 0 aromatic heterocycles. The van der Waals surface area contributed by atoms with Gasteiger partial charge in [0.25, 0.3) is 0 Å². The number of urea groups is 2. The van der Waals surface area contributed by atoms with Gasteiger partial charge in [0.2, 0.25) is 0 Å². The second-order valence-corrected chi connectivity index (χ2v) is 4.70. The van der Waals surface area contributed by atoms with Crippen LogP contribution in [0.4, 0.5) is 9.59 Å². The molecule has 1 atom stereocenters. The molecular weight excluding hydrogens is 240 g/mol. The number of primary amides is 2. The van der Waals surface area contributed by atoms with E-state index in [-0.39, 0.29) is 0 Å². The Labute approximate surface area is 105 Å². The number of hydrazine groups is 3. The van der Waals surface area contributed by atoms with Gasteiger partial charge in [-0.1, -0.05) is 0 Å². The number of rotatable bonds is 2. The third-order valence-electron chi connectivity index (χ3n) is 2.82. The van der Waals surface area contributed by atoms with Gasteiger partial charge >= 0.3 is 12.1 Å². The highest BCUT2D eigenvalue weighted by molar-refractivity contribution is 5.72. The largest absolute Gasteiger partial charge is 0.350 e. The van der Waals surface area contributed by atoms with Crippen molar-refractivity contribution in [3.63, 3.8) is 0 Å². The summed E-state index contributed by atoms with van der Waals surface area (Å²) < 4.78 is 0. The van der Waals surface area contributed by atoms with Gasteiger partial charge in [-0.15, -0.1) is 0 Å². The molecule has 1 fully saturated rings. The van der Waals surface area contributed by atoms with Crippen molar-refractivity contribution in [3.05, 3.63) is 0 Å². The number of carbonyl (C=O) groups is 2. The smallest absolute Gasteiger partial charge is 0.344 e. The van der Waals surface area contributed by atoms with Gasteiger partial charge in [-0.3, -0.25) is 0 Å². The first-order valence-corrected chi connectivity index (χ1v) is 5.36. The summed E-state index contributed by atoms with van der Waals surface area (Å²) in [7, 11) is 0. The Hall–Kier alpha value is -1.62. The van der Waals surface area contributed by atoms with E-state index in [2.05, 4.69) is 5.32 Å². The van der Waals surface area contributed by atoms with Crippen molar-refractivity contribution in [2.75, 3.05) is 13.1 Å². The zero-order chi connectivity index (χ0) is 14.1. The molecule has 1 aliphatic heterocycles. The number of hydrogen-bond donors (Lipinski definition) is 5. The number of amides is 4. The van der Waals surface area contributed by atoms with Crippen LogP contribution < -0.4 is 28.5 Å². The van der Waals surface area contributed by atoms with Crippen molar-refractivity contribution in [3.8, 4) is 0 Å². The Bertz CT molecular complexity index is 346. The summed E-state index contributed by atoms with van der Waals surface area (Å²) >= 11 is 0. The predicted octanol–water partition coefficient (Wildman–Crippen LogP) is -2.58. The van der Waals surface area contributed by atoms with Crippen LogP contribution in [-0.4, -0.2) is 52.0 Å². The molecule has 0 bridgehead atoms. The molecule has 1 unspecified atom stereocenters. The average Bonchev–Trinajstić information content (AvgIpc) is 2.25. The van der Waals surface area contributed by atoms with Crippen LogP contribution in [0.15, 0.2) is 0 Å². The van der Waals surface area contributed by atoms with E-state index < -0.39 is 23.8 Å². The minimum Gasteiger partial charge on any atom is -0.350 e. The second-order valence-electron chi connectivity index (χ2n) is 4.70. The van der Waals surface area contributed by atoms with Gasteiger partial charge in [0.1, 0.15) is 6.17 Å². The van der Waals surface area contributed by atoms with Crippen LogP contribution in [0.3, 0.4) is 0 Å². The maximum absolute atomic E-state index is 11.2. The summed E-state index contributed by atoms with van der Waals surface area (Å²) in [5.74, 6) is 11.2. The van der Waals surface area contributed by atoms with Gasteiger partial charge in [0, 0.05) is 13.1 Å². The summed E-state index contributed by atoms with van der Waals surface area (Å²) in [6.07, 6.45) is -0.705. The Morgan fingerprint density at radius 3 is 2.28 bits per heavy atom. The molecule has 0 saturated carbocycles. The fourth-order valence-electron chi connectivity index (χ4n) is 1.98. The lowest BCUT2D eigenvalue weighted by Gasteiger charge is -2.51. The molecule has 0 aromatic carbocycles. The van der Waals surface area contributed by atoms with Gasteiger partial charge in [-0.2, -0.15) is 10.1 Å². The number of carbonyl (C=O) groups excluding carboxylic acids is 2. The van der Waals surface area contributed by atoms with E-state index in [0.29, 0.717) is 13.1 Å². The molecule has 9 N–H and O–H groups in total. The fraction of sp³-hybridized carbons (Fsp3) is 0.750. The fourth-order valence-corrected chi connectivity index (χ4v) is 1.98. The monoisotopic (exact) mass is 260 g/mol. The Balaban J connectivity index is 3.06. The normalized spacial score (nSPS) is 23.4. The molecule has 4 amide bonds. The van der Waals surface area contributed by atoms with Gasteiger partial charge in [0.05, 0.1) is 5.54 Å². The maximum Gasteiger partial charge on any atom is 0.344 e. The highest BCUT2D eigenvalue weighted by atomic mass is 16.2. The summed E-state index contributed by atoms with van der Waals surface area (Å²) in [5, 5.41) is 6.05. The lowest BCUT2D eigenvalue weighted by atomic mass is 10.0. The first-order chi connectivity index (χ1) is 8.18. The van der Waals surface area contributed by atoms with Crippen LogP contribution in [0.2, 0.25) is 0 Å². The first kappa shape index (κ1) is 14.4. The summed E-state index contributed by atoms with van der Waals surface area (Å²) in [6.45, 7) is 4.49. The van der Waals surface area contributed by atoms with Crippen LogP contribution in [0, 0.1) is 0 Å². The SMILES string of the molecule is CC1(C)CNCC(N(N)C(N)=O)N1N(N)C(N)=O. The summed E-state index contributed by atoms with van der Waals surface area (Å²) in [5.41, 5.74) is 9.71. The van der Waals surface area contributed by atoms with E-state index >= 15 is 0 Å². The number of nitrogens with zero attached hydrogens (tertiary/aromatic N) is 3. The summed E-state index contributed by atoms with van der Waals surface area (Å²) in [6, 6.07) is -1.68. The van der Waals surface area contributed by atoms with Gasteiger partial charge in [-0.25, -0.2) is 26.3 Å². The van der Waals surface area contributed by atoms with Crippen LogP contribution >= 0.6 is 0 Å². The van der Waals surface area contributed by atoms with E-state index in [1.54, 1.807) is 0 Å². The minimum atomic E-state index is -0.854. The molecule has 0 spiro atoms. The molecule has 0 aliphatic carbocycles. The molecule has 1 aliphatic rings. The molecule has 0 radical (unpaired) electrons. The number of nitrogens with one attached hydrogen (secondary N) is 1. The molecule has 1 rings (SSSR count). The lowest BCUT2D eigenvalue weighted by molar-refractivity contribution is -0.148. The van der Waals surface area contributed by atoms with Crippen LogP contribution in [0.5, 0.6) is 0 Å². The first-order valence-electron chi connectivity index (χ1n) is 5.36. The van der Waals surface area contributed by atoms with Gasteiger partial charge in [-0.05, 0) is 13.8 Å². The molecule has 104 valence electrons. The minimum absolute atomic E-state index is 0.309. The summed E-state index contributed by atoms with van der Waals surface area (Å²) in [4.78, 5) is 22.4. The average molecular weight is 260 g/mol. The van der Waals surface area contributed by atoms with Crippen molar-refractivity contribution in [2.45, 2.75) is 25.6 Å². The Morgan fingerprint density at radius 1 is 1.28 bits per heavy atom. The number of nitrogens with two attached hydrogens (primary N) is 4.